The van der Waals surface area contributed by atoms with Gasteiger partial charge in [0.1, 0.15) is 0 Å². The minimum absolute atomic E-state index is 0.158. The fraction of sp³-hybridized carbons (Fsp3) is 0.652. The van der Waals surface area contributed by atoms with Crippen molar-refractivity contribution in [3.63, 3.8) is 0 Å². The van der Waals surface area contributed by atoms with Crippen LogP contribution in [-0.4, -0.2) is 72.3 Å². The molecule has 2 aliphatic rings. The standard InChI is InChI=1S/C23H35N3O2/c1-18(2)17-24-12-14-26(15-13-24)23(28)22-6-4-20(5-7-22)16-21-8-10-25(11-9-21)19(3)27/h4-7,18,21H,8-17H2,1-3H3. The van der Waals surface area contributed by atoms with Crippen molar-refractivity contribution in [1.29, 1.82) is 0 Å². The lowest BCUT2D eigenvalue weighted by molar-refractivity contribution is -0.130. The van der Waals surface area contributed by atoms with Gasteiger partial charge in [-0.1, -0.05) is 26.0 Å². The number of likely N-dealkylation sites (tertiary alicyclic amines) is 1. The van der Waals surface area contributed by atoms with E-state index >= 15 is 0 Å². The number of piperazine rings is 1. The van der Waals surface area contributed by atoms with Crippen LogP contribution in [0.4, 0.5) is 0 Å². The van der Waals surface area contributed by atoms with E-state index in [9.17, 15) is 9.59 Å². The van der Waals surface area contributed by atoms with Gasteiger partial charge < -0.3 is 9.80 Å². The Bertz CT molecular complexity index is 655. The van der Waals surface area contributed by atoms with Gasteiger partial charge in [0.25, 0.3) is 5.91 Å². The van der Waals surface area contributed by atoms with Gasteiger partial charge in [-0.05, 0) is 48.8 Å². The highest BCUT2D eigenvalue weighted by Crippen LogP contribution is 2.22. The van der Waals surface area contributed by atoms with E-state index in [1.54, 1.807) is 6.92 Å². The first-order valence-electron chi connectivity index (χ1n) is 10.8. The van der Waals surface area contributed by atoms with Gasteiger partial charge in [0.15, 0.2) is 0 Å². The first-order valence-corrected chi connectivity index (χ1v) is 10.8. The largest absolute Gasteiger partial charge is 0.343 e. The van der Waals surface area contributed by atoms with Crippen molar-refractivity contribution >= 4 is 11.8 Å². The molecular weight excluding hydrogens is 350 g/mol. The molecular formula is C23H35N3O2. The second-order valence-corrected chi connectivity index (χ2v) is 8.84. The van der Waals surface area contributed by atoms with Gasteiger partial charge in [0, 0.05) is 58.3 Å². The van der Waals surface area contributed by atoms with Gasteiger partial charge in [0.2, 0.25) is 5.91 Å². The molecule has 2 heterocycles. The highest BCUT2D eigenvalue weighted by Gasteiger charge is 2.23. The van der Waals surface area contributed by atoms with E-state index in [4.69, 9.17) is 0 Å². The number of piperidine rings is 1. The zero-order valence-corrected chi connectivity index (χ0v) is 17.7. The molecule has 154 valence electrons. The molecule has 0 aromatic heterocycles. The predicted molar refractivity (Wildman–Crippen MR) is 112 cm³/mol. The van der Waals surface area contributed by atoms with Gasteiger partial charge in [-0.15, -0.1) is 0 Å². The van der Waals surface area contributed by atoms with E-state index in [0.29, 0.717) is 11.8 Å². The Labute approximate surface area is 169 Å². The zero-order chi connectivity index (χ0) is 20.1. The molecule has 5 nitrogen and oxygen atoms in total. The summed E-state index contributed by atoms with van der Waals surface area (Å²) >= 11 is 0. The van der Waals surface area contributed by atoms with Gasteiger partial charge >= 0.3 is 0 Å². The zero-order valence-electron chi connectivity index (χ0n) is 17.7. The topological polar surface area (TPSA) is 43.9 Å². The predicted octanol–water partition coefficient (Wildman–Crippen LogP) is 2.90. The van der Waals surface area contributed by atoms with Crippen molar-refractivity contribution in [2.75, 3.05) is 45.8 Å². The van der Waals surface area contributed by atoms with Crippen LogP contribution in [-0.2, 0) is 11.2 Å². The van der Waals surface area contributed by atoms with Crippen LogP contribution in [0, 0.1) is 11.8 Å². The molecule has 28 heavy (non-hydrogen) atoms. The van der Waals surface area contributed by atoms with Crippen LogP contribution in [0.1, 0.15) is 49.5 Å². The van der Waals surface area contributed by atoms with Crippen LogP contribution >= 0.6 is 0 Å². The third-order valence-electron chi connectivity index (χ3n) is 6.07. The monoisotopic (exact) mass is 385 g/mol. The maximum atomic E-state index is 12.8. The molecule has 0 saturated carbocycles. The second-order valence-electron chi connectivity index (χ2n) is 8.84. The second kappa shape index (κ2) is 9.55. The van der Waals surface area contributed by atoms with Crippen molar-refractivity contribution in [2.24, 2.45) is 11.8 Å². The molecule has 2 saturated heterocycles. The third-order valence-corrected chi connectivity index (χ3v) is 6.07. The molecule has 0 aliphatic carbocycles. The maximum absolute atomic E-state index is 12.8. The molecule has 3 rings (SSSR count). The van der Waals surface area contributed by atoms with Crippen molar-refractivity contribution in [1.82, 2.24) is 14.7 Å². The van der Waals surface area contributed by atoms with Crippen LogP contribution in [0.5, 0.6) is 0 Å². The van der Waals surface area contributed by atoms with Gasteiger partial charge in [0.05, 0.1) is 0 Å². The number of carbonyl (C=O) groups excluding carboxylic acids is 2. The normalized spacial score (nSPS) is 19.3. The number of benzene rings is 1. The average molecular weight is 386 g/mol. The van der Waals surface area contributed by atoms with E-state index in [0.717, 1.165) is 70.6 Å². The minimum Gasteiger partial charge on any atom is -0.343 e. The highest BCUT2D eigenvalue weighted by molar-refractivity contribution is 5.94. The lowest BCUT2D eigenvalue weighted by Gasteiger charge is -2.35. The van der Waals surface area contributed by atoms with Gasteiger partial charge in [-0.2, -0.15) is 0 Å². The van der Waals surface area contributed by atoms with Crippen LogP contribution in [0.2, 0.25) is 0 Å². The summed E-state index contributed by atoms with van der Waals surface area (Å²) in [6.45, 7) is 12.6. The van der Waals surface area contributed by atoms with E-state index < -0.39 is 0 Å². The highest BCUT2D eigenvalue weighted by atomic mass is 16.2. The smallest absolute Gasteiger partial charge is 0.253 e. The number of hydrogen-bond acceptors (Lipinski definition) is 3. The van der Waals surface area contributed by atoms with E-state index in [1.807, 2.05) is 21.9 Å². The molecule has 0 atom stereocenters. The summed E-state index contributed by atoms with van der Waals surface area (Å²) in [5.41, 5.74) is 2.09. The quantitative estimate of drug-likeness (QED) is 0.783. The lowest BCUT2D eigenvalue weighted by atomic mass is 9.90. The average Bonchev–Trinajstić information content (AvgIpc) is 2.68. The number of carbonyl (C=O) groups is 2. The van der Waals surface area contributed by atoms with Crippen molar-refractivity contribution < 1.29 is 9.59 Å². The molecule has 0 N–H and O–H groups in total. The Morgan fingerprint density at radius 3 is 2.07 bits per heavy atom. The maximum Gasteiger partial charge on any atom is 0.253 e. The minimum atomic E-state index is 0.158. The Kier molecular flexibility index (Phi) is 7.11. The summed E-state index contributed by atoms with van der Waals surface area (Å²) in [5, 5.41) is 0. The fourth-order valence-corrected chi connectivity index (χ4v) is 4.40. The fourth-order valence-electron chi connectivity index (χ4n) is 4.40. The van der Waals surface area contributed by atoms with Crippen LogP contribution in [0.3, 0.4) is 0 Å². The molecule has 2 fully saturated rings. The van der Waals surface area contributed by atoms with Gasteiger partial charge in [-0.3, -0.25) is 14.5 Å². The Morgan fingerprint density at radius 1 is 0.929 bits per heavy atom. The van der Waals surface area contributed by atoms with Crippen LogP contribution in [0.15, 0.2) is 24.3 Å². The summed E-state index contributed by atoms with van der Waals surface area (Å²) in [6.07, 6.45) is 3.18. The molecule has 2 aliphatic heterocycles. The summed E-state index contributed by atoms with van der Waals surface area (Å²) < 4.78 is 0. The first kappa shape index (κ1) is 20.8. The lowest BCUT2D eigenvalue weighted by Crippen LogP contribution is -2.49. The van der Waals surface area contributed by atoms with Crippen LogP contribution in [0.25, 0.3) is 0 Å². The molecule has 0 unspecified atom stereocenters. The Balaban J connectivity index is 1.48. The number of amides is 2. The van der Waals surface area contributed by atoms with Crippen molar-refractivity contribution in [2.45, 2.75) is 40.0 Å². The molecule has 0 spiro atoms. The SMILES string of the molecule is CC(=O)N1CCC(Cc2ccc(C(=O)N3CCN(CC(C)C)CC3)cc2)CC1. The van der Waals surface area contributed by atoms with Crippen molar-refractivity contribution in [3.8, 4) is 0 Å². The summed E-state index contributed by atoms with van der Waals surface area (Å²) in [5.74, 6) is 1.65. The van der Waals surface area contributed by atoms with Crippen LogP contribution < -0.4 is 0 Å². The molecule has 1 aromatic carbocycles. The third kappa shape index (κ3) is 5.57. The molecule has 0 radical (unpaired) electrons. The Hall–Kier alpha value is -1.88. The number of hydrogen-bond donors (Lipinski definition) is 0. The van der Waals surface area contributed by atoms with E-state index in [1.165, 1.54) is 5.56 Å². The summed E-state index contributed by atoms with van der Waals surface area (Å²) in [4.78, 5) is 30.6. The van der Waals surface area contributed by atoms with E-state index in [-0.39, 0.29) is 11.8 Å². The number of nitrogens with zero attached hydrogens (tertiary/aromatic N) is 3. The molecule has 5 heteroatoms. The molecule has 2 amide bonds. The molecule has 1 aromatic rings. The first-order chi connectivity index (χ1) is 13.4. The summed E-state index contributed by atoms with van der Waals surface area (Å²) in [7, 11) is 0. The molecule has 0 bridgehead atoms. The summed E-state index contributed by atoms with van der Waals surface area (Å²) in [6, 6.07) is 8.20. The van der Waals surface area contributed by atoms with Gasteiger partial charge in [-0.25, -0.2) is 0 Å². The van der Waals surface area contributed by atoms with E-state index in [2.05, 4.69) is 30.9 Å². The number of rotatable bonds is 5. The Morgan fingerprint density at radius 2 is 1.54 bits per heavy atom. The van der Waals surface area contributed by atoms with Crippen molar-refractivity contribution in [3.05, 3.63) is 35.4 Å².